The van der Waals surface area contributed by atoms with Crippen molar-refractivity contribution in [3.8, 4) is 0 Å². The van der Waals surface area contributed by atoms with Gasteiger partial charge in [-0.3, -0.25) is 14.5 Å². The molecule has 1 amide bonds. The third-order valence-electron chi connectivity index (χ3n) is 2.30. The zero-order valence-corrected chi connectivity index (χ0v) is 9.24. The van der Waals surface area contributed by atoms with Gasteiger partial charge in [0.1, 0.15) is 12.3 Å². The molecule has 6 nitrogen and oxygen atoms in total. The Hall–Kier alpha value is -1.50. The van der Waals surface area contributed by atoms with Gasteiger partial charge in [-0.15, -0.1) is 0 Å². The van der Waals surface area contributed by atoms with Crippen LogP contribution in [0, 0.1) is 0 Å². The van der Waals surface area contributed by atoms with Gasteiger partial charge in [-0.05, 0) is 0 Å². The van der Waals surface area contributed by atoms with Crippen molar-refractivity contribution in [2.75, 3.05) is 6.61 Å². The van der Waals surface area contributed by atoms with E-state index in [1.807, 2.05) is 0 Å². The number of aliphatic carboxylic acids is 1. The summed E-state index contributed by atoms with van der Waals surface area (Å²) in [6.45, 7) is 1.17. The summed E-state index contributed by atoms with van der Waals surface area (Å²) in [6.07, 6.45) is 0.338. The number of hydrogen-bond acceptors (Lipinski definition) is 5. The highest BCUT2D eigenvalue weighted by Gasteiger charge is 2.48. The minimum atomic E-state index is -1.16. The van der Waals surface area contributed by atoms with Crippen LogP contribution in [0.5, 0.6) is 0 Å². The number of thioether (sulfide) groups is 1. The lowest BCUT2D eigenvalue weighted by Crippen LogP contribution is -2.48. The fourth-order valence-electron chi connectivity index (χ4n) is 1.60. The molecule has 1 fully saturated rings. The van der Waals surface area contributed by atoms with E-state index in [-0.39, 0.29) is 23.6 Å². The molecule has 86 valence electrons. The van der Waals surface area contributed by atoms with Crippen molar-refractivity contribution >= 4 is 29.6 Å². The van der Waals surface area contributed by atoms with E-state index in [4.69, 9.17) is 9.84 Å². The summed E-state index contributed by atoms with van der Waals surface area (Å²) in [5, 5.41) is 8.85. The molecule has 0 spiro atoms. The van der Waals surface area contributed by atoms with Gasteiger partial charge in [0.15, 0.2) is 0 Å². The number of carboxylic acids is 1. The second kappa shape index (κ2) is 3.82. The lowest BCUT2D eigenvalue weighted by atomic mass is 10.1. The van der Waals surface area contributed by atoms with Gasteiger partial charge in [0.2, 0.25) is 5.91 Å². The minimum absolute atomic E-state index is 0.0486. The van der Waals surface area contributed by atoms with Crippen LogP contribution in [0.3, 0.4) is 0 Å². The van der Waals surface area contributed by atoms with E-state index in [9.17, 15) is 14.4 Å². The molecule has 0 radical (unpaired) electrons. The number of esters is 1. The number of nitrogens with zero attached hydrogens (tertiary/aromatic N) is 1. The van der Waals surface area contributed by atoms with Crippen LogP contribution in [-0.4, -0.2) is 39.8 Å². The topological polar surface area (TPSA) is 83.9 Å². The Balaban J connectivity index is 2.18. The summed E-state index contributed by atoms with van der Waals surface area (Å²) in [7, 11) is 0. The van der Waals surface area contributed by atoms with Crippen LogP contribution in [0.1, 0.15) is 13.3 Å². The van der Waals surface area contributed by atoms with Crippen molar-refractivity contribution < 1.29 is 24.2 Å². The largest absolute Gasteiger partial charge is 0.477 e. The van der Waals surface area contributed by atoms with E-state index in [1.165, 1.54) is 23.6 Å². The van der Waals surface area contributed by atoms with Crippen LogP contribution < -0.4 is 0 Å². The predicted octanol–water partition coefficient (Wildman–Crippen LogP) is 0.151. The lowest BCUT2D eigenvalue weighted by molar-refractivity contribution is -0.145. The Morgan fingerprint density at radius 2 is 2.31 bits per heavy atom. The molecule has 1 atom stereocenters. The summed E-state index contributed by atoms with van der Waals surface area (Å²) in [6, 6.07) is 0. The molecule has 16 heavy (non-hydrogen) atoms. The van der Waals surface area contributed by atoms with Gasteiger partial charge in [-0.2, -0.15) is 0 Å². The van der Waals surface area contributed by atoms with Crippen LogP contribution >= 0.6 is 11.8 Å². The highest BCUT2D eigenvalue weighted by atomic mass is 32.2. The van der Waals surface area contributed by atoms with Crippen LogP contribution in [0.25, 0.3) is 0 Å². The molecule has 0 aromatic rings. The zero-order valence-electron chi connectivity index (χ0n) is 8.43. The van der Waals surface area contributed by atoms with Crippen molar-refractivity contribution in [3.05, 3.63) is 10.6 Å². The maximum absolute atomic E-state index is 11.2. The standard InChI is InChI=1S/C9H9NO5S/c1-4(11)15-3-5-8(9(13)14)10-6(12)2-7(10)16-5/h7H,2-3H2,1H3,(H,13,14)/t7-/m1/s1. The van der Waals surface area contributed by atoms with Crippen molar-refractivity contribution in [1.82, 2.24) is 4.90 Å². The molecule has 1 saturated heterocycles. The highest BCUT2D eigenvalue weighted by Crippen LogP contribution is 2.45. The fraction of sp³-hybridized carbons (Fsp3) is 0.444. The molecule has 2 aliphatic heterocycles. The number of β-lactam (4-membered cyclic amide) rings is 1. The van der Waals surface area contributed by atoms with Gasteiger partial charge in [0, 0.05) is 6.92 Å². The van der Waals surface area contributed by atoms with Gasteiger partial charge >= 0.3 is 11.9 Å². The van der Waals surface area contributed by atoms with E-state index in [1.54, 1.807) is 0 Å². The predicted molar refractivity (Wildman–Crippen MR) is 54.1 cm³/mol. The van der Waals surface area contributed by atoms with E-state index < -0.39 is 11.9 Å². The molecule has 0 unspecified atom stereocenters. The average molecular weight is 243 g/mol. The van der Waals surface area contributed by atoms with Crippen molar-refractivity contribution in [3.63, 3.8) is 0 Å². The number of carboxylic acid groups (broad SMARTS) is 1. The van der Waals surface area contributed by atoms with Crippen LogP contribution in [0.4, 0.5) is 0 Å². The number of amides is 1. The van der Waals surface area contributed by atoms with E-state index >= 15 is 0 Å². The molecule has 2 heterocycles. The van der Waals surface area contributed by atoms with Crippen molar-refractivity contribution in [2.45, 2.75) is 18.7 Å². The first-order chi connectivity index (χ1) is 7.50. The Bertz CT molecular complexity index is 416. The normalized spacial score (nSPS) is 22.9. The first-order valence-electron chi connectivity index (χ1n) is 4.59. The van der Waals surface area contributed by atoms with Crippen LogP contribution in [0.15, 0.2) is 10.6 Å². The fourth-order valence-corrected chi connectivity index (χ4v) is 2.90. The number of carbonyl (C=O) groups is 3. The monoisotopic (exact) mass is 243 g/mol. The number of fused-ring (bicyclic) bond motifs is 1. The molecule has 2 rings (SSSR count). The number of hydrogen-bond donors (Lipinski definition) is 1. The summed E-state index contributed by atoms with van der Waals surface area (Å²) >= 11 is 1.27. The third-order valence-corrected chi connectivity index (χ3v) is 3.54. The SMILES string of the molecule is CC(=O)OCC1=C(C(=O)O)N2C(=O)C[C@H]2S1. The molecule has 0 bridgehead atoms. The lowest BCUT2D eigenvalue weighted by Gasteiger charge is -2.33. The molecular formula is C9H9NO5S. The van der Waals surface area contributed by atoms with E-state index in [0.29, 0.717) is 11.3 Å². The molecule has 0 aliphatic carbocycles. The van der Waals surface area contributed by atoms with Gasteiger partial charge in [0.05, 0.1) is 16.7 Å². The summed E-state index contributed by atoms with van der Waals surface area (Å²) < 4.78 is 4.75. The maximum atomic E-state index is 11.2. The summed E-state index contributed by atoms with van der Waals surface area (Å²) in [5.41, 5.74) is -0.0486. The van der Waals surface area contributed by atoms with E-state index in [0.717, 1.165) is 0 Å². The first kappa shape index (κ1) is 11.0. The second-order valence-electron chi connectivity index (χ2n) is 3.40. The highest BCUT2D eigenvalue weighted by molar-refractivity contribution is 8.04. The van der Waals surface area contributed by atoms with Crippen molar-refractivity contribution in [2.24, 2.45) is 0 Å². The van der Waals surface area contributed by atoms with Gasteiger partial charge < -0.3 is 9.84 Å². The Labute approximate surface area is 95.2 Å². The smallest absolute Gasteiger partial charge is 0.353 e. The number of ether oxygens (including phenoxy) is 1. The summed E-state index contributed by atoms with van der Waals surface area (Å²) in [4.78, 5) is 34.5. The minimum Gasteiger partial charge on any atom is -0.477 e. The molecule has 7 heteroatoms. The molecule has 0 aromatic carbocycles. The quantitative estimate of drug-likeness (QED) is 0.561. The summed E-state index contributed by atoms with van der Waals surface area (Å²) in [5.74, 6) is -1.84. The second-order valence-corrected chi connectivity index (χ2v) is 4.67. The van der Waals surface area contributed by atoms with Crippen LogP contribution in [-0.2, 0) is 19.1 Å². The van der Waals surface area contributed by atoms with Gasteiger partial charge in [-0.25, -0.2) is 4.79 Å². The molecule has 1 N–H and O–H groups in total. The van der Waals surface area contributed by atoms with Crippen molar-refractivity contribution in [1.29, 1.82) is 0 Å². The van der Waals surface area contributed by atoms with E-state index in [2.05, 4.69) is 0 Å². The molecule has 0 aromatic heterocycles. The number of carbonyl (C=O) groups excluding carboxylic acids is 2. The van der Waals surface area contributed by atoms with Crippen LogP contribution in [0.2, 0.25) is 0 Å². The Morgan fingerprint density at radius 1 is 1.62 bits per heavy atom. The maximum Gasteiger partial charge on any atom is 0.353 e. The Kier molecular flexibility index (Phi) is 2.63. The molecule has 2 aliphatic rings. The number of rotatable bonds is 3. The molecule has 0 saturated carbocycles. The Morgan fingerprint density at radius 3 is 2.81 bits per heavy atom. The molecular weight excluding hydrogens is 234 g/mol. The van der Waals surface area contributed by atoms with Gasteiger partial charge in [-0.1, -0.05) is 11.8 Å². The van der Waals surface area contributed by atoms with Gasteiger partial charge in [0.25, 0.3) is 0 Å². The zero-order chi connectivity index (χ0) is 11.9. The third kappa shape index (κ3) is 1.67. The first-order valence-corrected chi connectivity index (χ1v) is 5.47. The average Bonchev–Trinajstić information content (AvgIpc) is 2.47.